The predicted molar refractivity (Wildman–Crippen MR) is 98.6 cm³/mol. The van der Waals surface area contributed by atoms with Gasteiger partial charge in [0, 0.05) is 11.6 Å². The van der Waals surface area contributed by atoms with E-state index in [0.29, 0.717) is 18.2 Å². The highest BCUT2D eigenvalue weighted by molar-refractivity contribution is 5.84. The van der Waals surface area contributed by atoms with Crippen LogP contribution < -0.4 is 10.6 Å². The minimum absolute atomic E-state index is 0.0693. The van der Waals surface area contributed by atoms with Crippen LogP contribution in [-0.4, -0.2) is 49.6 Å². The summed E-state index contributed by atoms with van der Waals surface area (Å²) in [4.78, 5) is 24.2. The number of carbonyl (C=O) groups is 2. The molecule has 0 radical (unpaired) electrons. The zero-order valence-corrected chi connectivity index (χ0v) is 15.6. The van der Waals surface area contributed by atoms with Crippen molar-refractivity contribution >= 4 is 17.7 Å². The second-order valence-electron chi connectivity index (χ2n) is 7.83. The van der Waals surface area contributed by atoms with Crippen molar-refractivity contribution in [1.82, 2.24) is 5.32 Å². The molecule has 7 heteroatoms. The van der Waals surface area contributed by atoms with Crippen molar-refractivity contribution in [2.24, 2.45) is 5.92 Å². The minimum atomic E-state index is -0.532. The summed E-state index contributed by atoms with van der Waals surface area (Å²) in [6, 6.07) is 7.52. The number of ether oxygens (including phenoxy) is 3. The van der Waals surface area contributed by atoms with Crippen LogP contribution in [0, 0.1) is 5.92 Å². The van der Waals surface area contributed by atoms with Gasteiger partial charge in [-0.3, -0.25) is 10.1 Å². The van der Waals surface area contributed by atoms with Crippen LogP contribution in [0.3, 0.4) is 0 Å². The first-order valence-corrected chi connectivity index (χ1v) is 9.62. The van der Waals surface area contributed by atoms with Gasteiger partial charge in [-0.15, -0.1) is 0 Å². The summed E-state index contributed by atoms with van der Waals surface area (Å²) in [7, 11) is 0. The fourth-order valence-corrected chi connectivity index (χ4v) is 3.57. The van der Waals surface area contributed by atoms with Crippen molar-refractivity contribution in [3.8, 4) is 0 Å². The van der Waals surface area contributed by atoms with Gasteiger partial charge in [-0.2, -0.15) is 0 Å². The lowest BCUT2D eigenvalue weighted by molar-refractivity contribution is -0.123. The Hall–Kier alpha value is -2.12. The highest BCUT2D eigenvalue weighted by Crippen LogP contribution is 2.32. The third kappa shape index (κ3) is 4.09. The van der Waals surface area contributed by atoms with E-state index in [2.05, 4.69) is 24.5 Å². The monoisotopic (exact) mass is 374 g/mol. The molecule has 1 aliphatic carbocycles. The van der Waals surface area contributed by atoms with Crippen molar-refractivity contribution in [1.29, 1.82) is 0 Å². The van der Waals surface area contributed by atoms with Crippen molar-refractivity contribution in [2.45, 2.75) is 57.0 Å². The van der Waals surface area contributed by atoms with Gasteiger partial charge >= 0.3 is 6.09 Å². The van der Waals surface area contributed by atoms with Crippen molar-refractivity contribution in [3.63, 3.8) is 0 Å². The molecule has 2 amide bonds. The molecule has 0 spiro atoms. The molecule has 1 aromatic rings. The lowest BCUT2D eigenvalue weighted by atomic mass is 10.0. The van der Waals surface area contributed by atoms with Crippen LogP contribution in [0.25, 0.3) is 0 Å². The summed E-state index contributed by atoms with van der Waals surface area (Å²) in [5.74, 6) is 0.650. The zero-order valence-electron chi connectivity index (χ0n) is 15.6. The van der Waals surface area contributed by atoms with E-state index >= 15 is 0 Å². The number of fused-ring (bicyclic) bond motifs is 1. The molecule has 0 aromatic heterocycles. The predicted octanol–water partition coefficient (Wildman–Crippen LogP) is 2.42. The van der Waals surface area contributed by atoms with Gasteiger partial charge in [0.25, 0.3) is 0 Å². The van der Waals surface area contributed by atoms with E-state index in [1.165, 1.54) is 5.56 Å². The lowest BCUT2D eigenvalue weighted by Gasteiger charge is -2.18. The maximum absolute atomic E-state index is 12.2. The molecule has 3 aliphatic rings. The molecule has 3 fully saturated rings. The number of nitrogens with one attached hydrogen (secondary N) is 2. The number of anilines is 1. The van der Waals surface area contributed by atoms with Crippen molar-refractivity contribution in [3.05, 3.63) is 29.8 Å². The minimum Gasteiger partial charge on any atom is -0.441 e. The van der Waals surface area contributed by atoms with Gasteiger partial charge in [0.1, 0.15) is 12.2 Å². The molecule has 0 bridgehead atoms. The van der Waals surface area contributed by atoms with Crippen molar-refractivity contribution < 1.29 is 23.8 Å². The highest BCUT2D eigenvalue weighted by Gasteiger charge is 2.50. The number of carbonyl (C=O) groups excluding carboxylic acids is 2. The Morgan fingerprint density at radius 1 is 1.07 bits per heavy atom. The van der Waals surface area contributed by atoms with Gasteiger partial charge in [0.2, 0.25) is 5.91 Å². The quantitative estimate of drug-likeness (QED) is 0.827. The van der Waals surface area contributed by atoms with Crippen LogP contribution in [0.4, 0.5) is 10.5 Å². The number of hydrogen-bond acceptors (Lipinski definition) is 5. The summed E-state index contributed by atoms with van der Waals surface area (Å²) in [5.41, 5.74) is 1.89. The largest absolute Gasteiger partial charge is 0.441 e. The fourth-order valence-electron chi connectivity index (χ4n) is 3.57. The fraction of sp³-hybridized carbons (Fsp3) is 0.600. The summed E-state index contributed by atoms with van der Waals surface area (Å²) >= 11 is 0. The van der Waals surface area contributed by atoms with Gasteiger partial charge in [-0.1, -0.05) is 26.0 Å². The second-order valence-corrected chi connectivity index (χ2v) is 7.83. The molecule has 4 rings (SSSR count). The average Bonchev–Trinajstić information content (AvgIpc) is 3.32. The first-order chi connectivity index (χ1) is 13.0. The normalized spacial score (nSPS) is 29.4. The molecular weight excluding hydrogens is 348 g/mol. The van der Waals surface area contributed by atoms with Crippen LogP contribution in [0.1, 0.15) is 38.2 Å². The summed E-state index contributed by atoms with van der Waals surface area (Å²) in [6.07, 6.45) is 0.291. The molecule has 146 valence electrons. The molecule has 2 aliphatic heterocycles. The maximum atomic E-state index is 12.2. The van der Waals surface area contributed by atoms with E-state index in [4.69, 9.17) is 14.2 Å². The third-order valence-corrected chi connectivity index (χ3v) is 5.37. The summed E-state index contributed by atoms with van der Waals surface area (Å²) in [6.45, 7) is 4.89. The summed E-state index contributed by atoms with van der Waals surface area (Å²) in [5, 5.41) is 5.73. The number of rotatable bonds is 5. The van der Waals surface area contributed by atoms with Gasteiger partial charge in [-0.05, 0) is 36.5 Å². The highest BCUT2D eigenvalue weighted by atomic mass is 16.6. The Labute approximate surface area is 158 Å². The Morgan fingerprint density at radius 3 is 2.44 bits per heavy atom. The van der Waals surface area contributed by atoms with Crippen LogP contribution in [0.5, 0.6) is 0 Å². The first-order valence-electron chi connectivity index (χ1n) is 9.62. The smallest absolute Gasteiger partial charge is 0.412 e. The Bertz CT molecular complexity index is 701. The molecule has 1 aromatic carbocycles. The molecular formula is C20H26N2O5. The Balaban J connectivity index is 1.28. The molecule has 2 heterocycles. The third-order valence-electron chi connectivity index (χ3n) is 5.37. The van der Waals surface area contributed by atoms with Gasteiger partial charge < -0.3 is 19.5 Å². The van der Waals surface area contributed by atoms with Gasteiger partial charge in [0.05, 0.1) is 19.3 Å². The average molecular weight is 374 g/mol. The molecule has 4 unspecified atom stereocenters. The summed E-state index contributed by atoms with van der Waals surface area (Å²) < 4.78 is 17.0. The zero-order chi connectivity index (χ0) is 19.0. The number of amides is 2. The van der Waals surface area contributed by atoms with E-state index < -0.39 is 12.2 Å². The van der Waals surface area contributed by atoms with Crippen LogP contribution in [0.2, 0.25) is 0 Å². The Kier molecular flexibility index (Phi) is 5.06. The Morgan fingerprint density at radius 2 is 1.78 bits per heavy atom. The van der Waals surface area contributed by atoms with E-state index in [9.17, 15) is 9.59 Å². The maximum Gasteiger partial charge on any atom is 0.412 e. The van der Waals surface area contributed by atoms with Gasteiger partial charge in [0.15, 0.2) is 6.10 Å². The van der Waals surface area contributed by atoms with Crippen molar-refractivity contribution in [2.75, 3.05) is 18.5 Å². The van der Waals surface area contributed by atoms with Gasteiger partial charge in [-0.25, -0.2) is 4.79 Å². The van der Waals surface area contributed by atoms with Crippen LogP contribution >= 0.6 is 0 Å². The van der Waals surface area contributed by atoms with E-state index in [1.807, 2.05) is 24.3 Å². The number of hydrogen-bond donors (Lipinski definition) is 2. The molecule has 4 atom stereocenters. The molecule has 1 saturated carbocycles. The SMILES string of the molecule is CC(C)c1ccc(NC(=O)OC2COC3C(NC(=O)C4CC4)COC23)cc1. The van der Waals surface area contributed by atoms with E-state index in [0.717, 1.165) is 12.8 Å². The molecule has 27 heavy (non-hydrogen) atoms. The lowest BCUT2D eigenvalue weighted by Crippen LogP contribution is -2.45. The standard InChI is InChI=1S/C20H26N2O5/c1-11(2)12-5-7-14(8-6-12)21-20(24)27-16-10-26-17-15(9-25-18(16)17)22-19(23)13-3-4-13/h5-8,11,13,15-18H,3-4,9-10H2,1-2H3,(H,21,24)(H,22,23). The van der Waals surface area contributed by atoms with E-state index in [-0.39, 0.29) is 36.7 Å². The first kappa shape index (κ1) is 18.3. The van der Waals surface area contributed by atoms with Crippen LogP contribution in [0.15, 0.2) is 24.3 Å². The second kappa shape index (κ2) is 7.48. The molecule has 2 saturated heterocycles. The molecule has 7 nitrogen and oxygen atoms in total. The van der Waals surface area contributed by atoms with Crippen LogP contribution in [-0.2, 0) is 19.0 Å². The van der Waals surface area contributed by atoms with E-state index in [1.54, 1.807) is 0 Å². The topological polar surface area (TPSA) is 85.9 Å². The molecule has 2 N–H and O–H groups in total. The number of benzene rings is 1.